The van der Waals surface area contributed by atoms with Gasteiger partial charge in [0.2, 0.25) is 0 Å². The SMILES string of the molecule is CCCc1c(C(=O)OCC)cnn1Cc1cccc(C)c1. The van der Waals surface area contributed by atoms with E-state index in [1.165, 1.54) is 11.1 Å². The number of carbonyl (C=O) groups excluding carboxylic acids is 1. The van der Waals surface area contributed by atoms with Crippen molar-refractivity contribution >= 4 is 5.97 Å². The van der Waals surface area contributed by atoms with Gasteiger partial charge in [-0.25, -0.2) is 4.79 Å². The number of esters is 1. The van der Waals surface area contributed by atoms with Crippen LogP contribution in [-0.2, 0) is 17.7 Å². The highest BCUT2D eigenvalue weighted by molar-refractivity contribution is 5.90. The summed E-state index contributed by atoms with van der Waals surface area (Å²) in [6, 6.07) is 8.33. The second-order valence-electron chi connectivity index (χ2n) is 5.12. The number of aryl methyl sites for hydroxylation is 1. The largest absolute Gasteiger partial charge is 0.462 e. The fourth-order valence-electron chi connectivity index (χ4n) is 2.41. The maximum Gasteiger partial charge on any atom is 0.341 e. The molecule has 0 aliphatic heterocycles. The average Bonchev–Trinajstić information content (AvgIpc) is 2.83. The molecular weight excluding hydrogens is 264 g/mol. The molecule has 2 rings (SSSR count). The first-order valence-electron chi connectivity index (χ1n) is 7.43. The van der Waals surface area contributed by atoms with E-state index in [1.54, 1.807) is 6.20 Å². The normalized spacial score (nSPS) is 10.6. The molecule has 4 heteroatoms. The second kappa shape index (κ2) is 7.07. The van der Waals surface area contributed by atoms with Crippen molar-refractivity contribution in [2.45, 2.75) is 40.2 Å². The Morgan fingerprint density at radius 2 is 2.14 bits per heavy atom. The van der Waals surface area contributed by atoms with Gasteiger partial charge in [-0.2, -0.15) is 5.10 Å². The smallest absolute Gasteiger partial charge is 0.341 e. The average molecular weight is 286 g/mol. The van der Waals surface area contributed by atoms with Crippen LogP contribution in [0.2, 0.25) is 0 Å². The summed E-state index contributed by atoms with van der Waals surface area (Å²) in [5.74, 6) is -0.281. The molecule has 1 aromatic heterocycles. The van der Waals surface area contributed by atoms with E-state index in [9.17, 15) is 4.79 Å². The minimum atomic E-state index is -0.281. The summed E-state index contributed by atoms with van der Waals surface area (Å²) < 4.78 is 7.01. The summed E-state index contributed by atoms with van der Waals surface area (Å²) in [4.78, 5) is 12.0. The first-order valence-corrected chi connectivity index (χ1v) is 7.43. The van der Waals surface area contributed by atoms with Crippen molar-refractivity contribution in [1.29, 1.82) is 0 Å². The van der Waals surface area contributed by atoms with Crippen LogP contribution < -0.4 is 0 Å². The Labute approximate surface area is 125 Å². The van der Waals surface area contributed by atoms with Gasteiger partial charge in [0, 0.05) is 0 Å². The van der Waals surface area contributed by atoms with Gasteiger partial charge in [0.15, 0.2) is 0 Å². The quantitative estimate of drug-likeness (QED) is 0.765. The van der Waals surface area contributed by atoms with E-state index in [0.29, 0.717) is 18.7 Å². The predicted molar refractivity (Wildman–Crippen MR) is 82.5 cm³/mol. The molecule has 0 unspecified atom stereocenters. The Kier molecular flexibility index (Phi) is 5.14. The van der Waals surface area contributed by atoms with Gasteiger partial charge in [-0.05, 0) is 25.8 Å². The van der Waals surface area contributed by atoms with E-state index in [1.807, 2.05) is 17.7 Å². The molecule has 0 spiro atoms. The molecule has 0 radical (unpaired) electrons. The van der Waals surface area contributed by atoms with Crippen molar-refractivity contribution in [2.75, 3.05) is 6.61 Å². The maximum atomic E-state index is 12.0. The van der Waals surface area contributed by atoms with Crippen LogP contribution in [0.3, 0.4) is 0 Å². The second-order valence-corrected chi connectivity index (χ2v) is 5.12. The van der Waals surface area contributed by atoms with Crippen molar-refractivity contribution in [3.63, 3.8) is 0 Å². The lowest BCUT2D eigenvalue weighted by molar-refractivity contribution is 0.0525. The lowest BCUT2D eigenvalue weighted by atomic mass is 10.1. The van der Waals surface area contributed by atoms with Gasteiger partial charge in [-0.3, -0.25) is 4.68 Å². The molecular formula is C17H22N2O2. The molecule has 0 fully saturated rings. The number of hydrogen-bond acceptors (Lipinski definition) is 3. The van der Waals surface area contributed by atoms with Crippen LogP contribution in [0.5, 0.6) is 0 Å². The van der Waals surface area contributed by atoms with Crippen LogP contribution >= 0.6 is 0 Å². The molecule has 1 heterocycles. The van der Waals surface area contributed by atoms with Crippen molar-refractivity contribution in [1.82, 2.24) is 9.78 Å². The first-order chi connectivity index (χ1) is 10.2. The third kappa shape index (κ3) is 3.72. The summed E-state index contributed by atoms with van der Waals surface area (Å²) in [6.45, 7) is 7.04. The van der Waals surface area contributed by atoms with Crippen LogP contribution in [0.1, 0.15) is 47.4 Å². The third-order valence-electron chi connectivity index (χ3n) is 3.35. The van der Waals surface area contributed by atoms with Gasteiger partial charge in [0.25, 0.3) is 0 Å². The van der Waals surface area contributed by atoms with Gasteiger partial charge >= 0.3 is 5.97 Å². The Bertz CT molecular complexity index is 617. The standard InChI is InChI=1S/C17H22N2O2/c1-4-7-16-15(17(20)21-5-2)11-18-19(16)12-14-9-6-8-13(3)10-14/h6,8-11H,4-5,7,12H2,1-3H3. The zero-order chi connectivity index (χ0) is 15.2. The summed E-state index contributed by atoms with van der Waals surface area (Å²) in [5, 5.41) is 4.38. The maximum absolute atomic E-state index is 12.0. The topological polar surface area (TPSA) is 44.1 Å². The van der Waals surface area contributed by atoms with E-state index < -0.39 is 0 Å². The van der Waals surface area contributed by atoms with E-state index in [2.05, 4.69) is 37.1 Å². The van der Waals surface area contributed by atoms with Crippen molar-refractivity contribution in [2.24, 2.45) is 0 Å². The van der Waals surface area contributed by atoms with E-state index in [-0.39, 0.29) is 5.97 Å². The van der Waals surface area contributed by atoms with Crippen LogP contribution in [0.4, 0.5) is 0 Å². The number of nitrogens with zero attached hydrogens (tertiary/aromatic N) is 2. The fraction of sp³-hybridized carbons (Fsp3) is 0.412. The number of aromatic nitrogens is 2. The molecule has 2 aromatic rings. The number of rotatable bonds is 6. The summed E-state index contributed by atoms with van der Waals surface area (Å²) >= 11 is 0. The minimum Gasteiger partial charge on any atom is -0.462 e. The van der Waals surface area contributed by atoms with Gasteiger partial charge in [-0.1, -0.05) is 43.2 Å². The Morgan fingerprint density at radius 1 is 1.33 bits per heavy atom. The Hall–Kier alpha value is -2.10. The number of ether oxygens (including phenoxy) is 1. The van der Waals surface area contributed by atoms with Crippen LogP contribution in [-0.4, -0.2) is 22.4 Å². The van der Waals surface area contributed by atoms with Crippen LogP contribution in [0, 0.1) is 6.92 Å². The van der Waals surface area contributed by atoms with Gasteiger partial charge < -0.3 is 4.74 Å². The van der Waals surface area contributed by atoms with Gasteiger partial charge in [0.05, 0.1) is 25.0 Å². The Balaban J connectivity index is 2.29. The lowest BCUT2D eigenvalue weighted by Gasteiger charge is -2.09. The molecule has 0 N–H and O–H groups in total. The van der Waals surface area contributed by atoms with Crippen LogP contribution in [0.15, 0.2) is 30.5 Å². The van der Waals surface area contributed by atoms with E-state index in [0.717, 1.165) is 18.5 Å². The van der Waals surface area contributed by atoms with E-state index >= 15 is 0 Å². The summed E-state index contributed by atoms with van der Waals surface area (Å²) in [7, 11) is 0. The molecule has 0 saturated heterocycles. The molecule has 21 heavy (non-hydrogen) atoms. The number of benzene rings is 1. The van der Waals surface area contributed by atoms with Crippen molar-refractivity contribution in [3.8, 4) is 0 Å². The highest BCUT2D eigenvalue weighted by atomic mass is 16.5. The Morgan fingerprint density at radius 3 is 2.81 bits per heavy atom. The predicted octanol–water partition coefficient (Wildman–Crippen LogP) is 3.37. The van der Waals surface area contributed by atoms with E-state index in [4.69, 9.17) is 4.74 Å². The number of hydrogen-bond donors (Lipinski definition) is 0. The molecule has 1 aromatic carbocycles. The molecule has 112 valence electrons. The number of carbonyl (C=O) groups is 1. The molecule has 0 bridgehead atoms. The summed E-state index contributed by atoms with van der Waals surface area (Å²) in [5.41, 5.74) is 3.96. The monoisotopic (exact) mass is 286 g/mol. The van der Waals surface area contributed by atoms with Crippen LogP contribution in [0.25, 0.3) is 0 Å². The summed E-state index contributed by atoms with van der Waals surface area (Å²) in [6.07, 6.45) is 3.41. The zero-order valence-corrected chi connectivity index (χ0v) is 12.9. The minimum absolute atomic E-state index is 0.281. The molecule has 0 aliphatic carbocycles. The van der Waals surface area contributed by atoms with Crippen molar-refractivity contribution in [3.05, 3.63) is 52.8 Å². The molecule has 0 saturated carbocycles. The highest BCUT2D eigenvalue weighted by Crippen LogP contribution is 2.15. The molecule has 4 nitrogen and oxygen atoms in total. The lowest BCUT2D eigenvalue weighted by Crippen LogP contribution is -2.11. The van der Waals surface area contributed by atoms with Gasteiger partial charge in [-0.15, -0.1) is 0 Å². The van der Waals surface area contributed by atoms with Gasteiger partial charge in [0.1, 0.15) is 5.56 Å². The molecule has 0 amide bonds. The van der Waals surface area contributed by atoms with Crippen molar-refractivity contribution < 1.29 is 9.53 Å². The fourth-order valence-corrected chi connectivity index (χ4v) is 2.41. The molecule has 0 atom stereocenters. The molecule has 0 aliphatic rings. The zero-order valence-electron chi connectivity index (χ0n) is 12.9. The first kappa shape index (κ1) is 15.3. The highest BCUT2D eigenvalue weighted by Gasteiger charge is 2.17. The third-order valence-corrected chi connectivity index (χ3v) is 3.35.